The second-order valence-electron chi connectivity index (χ2n) is 22.3. The molecule has 0 aliphatic heterocycles. The van der Waals surface area contributed by atoms with Crippen molar-refractivity contribution in [3.63, 3.8) is 0 Å². The molecule has 0 saturated heterocycles. The van der Waals surface area contributed by atoms with Crippen LogP contribution in [0.3, 0.4) is 0 Å². The predicted molar refractivity (Wildman–Crippen MR) is 353 cm³/mol. The molecule has 0 fully saturated rings. The van der Waals surface area contributed by atoms with Crippen molar-refractivity contribution in [2.45, 2.75) is 322 Å². The molecule has 1 unspecified atom stereocenters. The summed E-state index contributed by atoms with van der Waals surface area (Å²) in [6.07, 6.45) is 95.0. The molecule has 6 heteroatoms. The van der Waals surface area contributed by atoms with Crippen LogP contribution in [-0.4, -0.2) is 37.2 Å². The van der Waals surface area contributed by atoms with Crippen LogP contribution in [0.15, 0.2) is 122 Å². The lowest BCUT2D eigenvalue weighted by molar-refractivity contribution is -0.167. The minimum atomic E-state index is -0.796. The van der Waals surface area contributed by atoms with Gasteiger partial charge in [-0.1, -0.05) is 290 Å². The summed E-state index contributed by atoms with van der Waals surface area (Å²) < 4.78 is 16.9. The molecule has 81 heavy (non-hydrogen) atoms. The number of ether oxygens (including phenoxy) is 3. The van der Waals surface area contributed by atoms with E-state index in [1.807, 2.05) is 0 Å². The molecule has 0 amide bonds. The van der Waals surface area contributed by atoms with Gasteiger partial charge in [-0.05, 0) is 128 Å². The SMILES string of the molecule is CC/C=C\C/C=C\C/C=C\C/C=C\CCCCCCCCCCCCCCCCCCC(=O)OCC(COC(=O)CCCCCCC/C=C\C/C=C\C/C=C\CC)OC(=O)CCCCCCCC/C=C\C/C=C\C/C=C\CCCCC. The number of esters is 3. The summed E-state index contributed by atoms with van der Waals surface area (Å²) in [6, 6.07) is 0. The van der Waals surface area contributed by atoms with Gasteiger partial charge in [0, 0.05) is 19.3 Å². The van der Waals surface area contributed by atoms with Crippen LogP contribution in [0, 0.1) is 0 Å². The Bertz CT molecular complexity index is 1670. The standard InChI is InChI=1S/C75H126O6/c1-4-7-10-13-16-19-22-25-28-30-32-33-34-35-36-37-38-39-40-41-43-44-47-50-53-56-59-62-65-68-74(77)80-71-72(70-79-73(76)67-64-61-58-55-52-49-46-27-24-21-18-15-12-9-6-3)81-75(78)69-66-63-60-57-54-51-48-45-42-31-29-26-23-20-17-14-11-8-5-2/h7,9-10,12,16-21,25-29,32-33,42,45-46,72H,4-6,8,11,13-15,22-24,30-31,34-41,43-44,47-71H2,1-3H3/b10-7-,12-9-,19-16-,20-17-,21-18-,28-25-,29-26-,33-32-,45-42-,46-27-. The van der Waals surface area contributed by atoms with Crippen LogP contribution in [0.5, 0.6) is 0 Å². The van der Waals surface area contributed by atoms with Crippen molar-refractivity contribution in [1.82, 2.24) is 0 Å². The Morgan fingerprint density at radius 2 is 0.481 bits per heavy atom. The summed E-state index contributed by atoms with van der Waals surface area (Å²) in [7, 11) is 0. The van der Waals surface area contributed by atoms with E-state index >= 15 is 0 Å². The number of carbonyl (C=O) groups excluding carboxylic acids is 3. The van der Waals surface area contributed by atoms with E-state index in [-0.39, 0.29) is 31.1 Å². The topological polar surface area (TPSA) is 78.9 Å². The quantitative estimate of drug-likeness (QED) is 0.0261. The molecule has 0 aromatic heterocycles. The van der Waals surface area contributed by atoms with E-state index in [0.717, 1.165) is 148 Å². The zero-order chi connectivity index (χ0) is 58.5. The molecule has 0 aliphatic rings. The maximum atomic E-state index is 12.9. The van der Waals surface area contributed by atoms with Gasteiger partial charge in [-0.2, -0.15) is 0 Å². The fourth-order valence-corrected chi connectivity index (χ4v) is 9.40. The van der Waals surface area contributed by atoms with E-state index in [9.17, 15) is 14.4 Å². The second kappa shape index (κ2) is 68.3. The van der Waals surface area contributed by atoms with Gasteiger partial charge in [0.25, 0.3) is 0 Å². The van der Waals surface area contributed by atoms with E-state index in [1.165, 1.54) is 128 Å². The molecular formula is C75H126O6. The summed E-state index contributed by atoms with van der Waals surface area (Å²) in [5, 5.41) is 0. The first-order valence-corrected chi connectivity index (χ1v) is 34.0. The predicted octanol–water partition coefficient (Wildman–Crippen LogP) is 23.6. The normalized spacial score (nSPS) is 12.9. The Morgan fingerprint density at radius 3 is 0.753 bits per heavy atom. The van der Waals surface area contributed by atoms with Gasteiger partial charge in [-0.15, -0.1) is 0 Å². The van der Waals surface area contributed by atoms with E-state index in [2.05, 4.69) is 142 Å². The summed E-state index contributed by atoms with van der Waals surface area (Å²) in [4.78, 5) is 38.4. The van der Waals surface area contributed by atoms with Gasteiger partial charge in [-0.3, -0.25) is 14.4 Å². The van der Waals surface area contributed by atoms with Crippen molar-refractivity contribution in [2.75, 3.05) is 13.2 Å². The van der Waals surface area contributed by atoms with E-state index in [4.69, 9.17) is 14.2 Å². The van der Waals surface area contributed by atoms with Crippen molar-refractivity contribution in [2.24, 2.45) is 0 Å². The van der Waals surface area contributed by atoms with Crippen molar-refractivity contribution in [3.05, 3.63) is 122 Å². The molecular weight excluding hydrogens is 997 g/mol. The van der Waals surface area contributed by atoms with E-state index in [0.29, 0.717) is 19.3 Å². The highest BCUT2D eigenvalue weighted by atomic mass is 16.6. The van der Waals surface area contributed by atoms with Gasteiger partial charge >= 0.3 is 17.9 Å². The summed E-state index contributed by atoms with van der Waals surface area (Å²) in [5.74, 6) is -0.910. The lowest BCUT2D eigenvalue weighted by Crippen LogP contribution is -2.30. The fourth-order valence-electron chi connectivity index (χ4n) is 9.40. The number of allylic oxidation sites excluding steroid dienone is 20. The van der Waals surface area contributed by atoms with Crippen molar-refractivity contribution in [3.8, 4) is 0 Å². The molecule has 1 atom stereocenters. The fraction of sp³-hybridized carbons (Fsp3) is 0.693. The molecule has 0 saturated carbocycles. The maximum Gasteiger partial charge on any atom is 0.306 e. The second-order valence-corrected chi connectivity index (χ2v) is 22.3. The number of hydrogen-bond acceptors (Lipinski definition) is 6. The van der Waals surface area contributed by atoms with Crippen LogP contribution in [0.2, 0.25) is 0 Å². The average molecular weight is 1120 g/mol. The number of carbonyl (C=O) groups is 3. The number of unbranched alkanes of at least 4 members (excludes halogenated alkanes) is 30. The third kappa shape index (κ3) is 66.5. The molecule has 0 bridgehead atoms. The molecule has 0 radical (unpaired) electrons. The van der Waals surface area contributed by atoms with Gasteiger partial charge in [0.1, 0.15) is 13.2 Å². The highest BCUT2D eigenvalue weighted by Gasteiger charge is 2.19. The molecule has 0 spiro atoms. The van der Waals surface area contributed by atoms with Gasteiger partial charge in [0.05, 0.1) is 0 Å². The Kier molecular flexibility index (Phi) is 64.8. The first-order valence-electron chi connectivity index (χ1n) is 34.0. The first-order chi connectivity index (χ1) is 40.0. The van der Waals surface area contributed by atoms with Crippen LogP contribution in [0.4, 0.5) is 0 Å². The van der Waals surface area contributed by atoms with Crippen LogP contribution in [-0.2, 0) is 28.6 Å². The van der Waals surface area contributed by atoms with Crippen molar-refractivity contribution in [1.29, 1.82) is 0 Å². The average Bonchev–Trinajstić information content (AvgIpc) is 3.47. The lowest BCUT2D eigenvalue weighted by atomic mass is 10.0. The maximum absolute atomic E-state index is 12.9. The van der Waals surface area contributed by atoms with E-state index < -0.39 is 6.10 Å². The largest absolute Gasteiger partial charge is 0.462 e. The van der Waals surface area contributed by atoms with Crippen LogP contribution >= 0.6 is 0 Å². The Morgan fingerprint density at radius 1 is 0.259 bits per heavy atom. The highest BCUT2D eigenvalue weighted by Crippen LogP contribution is 2.17. The Balaban J connectivity index is 4.31. The Labute approximate surface area is 501 Å². The molecule has 6 nitrogen and oxygen atoms in total. The zero-order valence-electron chi connectivity index (χ0n) is 53.0. The monoisotopic (exact) mass is 1120 g/mol. The van der Waals surface area contributed by atoms with Crippen molar-refractivity contribution < 1.29 is 28.6 Å². The van der Waals surface area contributed by atoms with Crippen LogP contribution < -0.4 is 0 Å². The summed E-state index contributed by atoms with van der Waals surface area (Å²) in [6.45, 7) is 6.39. The van der Waals surface area contributed by atoms with Crippen molar-refractivity contribution >= 4 is 17.9 Å². The minimum absolute atomic E-state index is 0.0894. The molecule has 0 N–H and O–H groups in total. The van der Waals surface area contributed by atoms with Gasteiger partial charge in [0.2, 0.25) is 0 Å². The minimum Gasteiger partial charge on any atom is -0.462 e. The van der Waals surface area contributed by atoms with Gasteiger partial charge in [0.15, 0.2) is 6.10 Å². The molecule has 0 aromatic carbocycles. The summed E-state index contributed by atoms with van der Waals surface area (Å²) >= 11 is 0. The Hall–Kier alpha value is -4.19. The van der Waals surface area contributed by atoms with Gasteiger partial charge in [-0.25, -0.2) is 0 Å². The van der Waals surface area contributed by atoms with Crippen LogP contribution in [0.25, 0.3) is 0 Å². The third-order valence-corrected chi connectivity index (χ3v) is 14.4. The number of hydrogen-bond donors (Lipinski definition) is 0. The van der Waals surface area contributed by atoms with Crippen LogP contribution in [0.1, 0.15) is 316 Å². The third-order valence-electron chi connectivity index (χ3n) is 14.4. The lowest BCUT2D eigenvalue weighted by Gasteiger charge is -2.18. The molecule has 0 aromatic rings. The zero-order valence-corrected chi connectivity index (χ0v) is 53.0. The smallest absolute Gasteiger partial charge is 0.306 e. The molecule has 462 valence electrons. The number of rotatable bonds is 61. The molecule has 0 rings (SSSR count). The highest BCUT2D eigenvalue weighted by molar-refractivity contribution is 5.71. The molecule has 0 heterocycles. The van der Waals surface area contributed by atoms with Gasteiger partial charge < -0.3 is 14.2 Å². The summed E-state index contributed by atoms with van der Waals surface area (Å²) in [5.41, 5.74) is 0. The molecule has 0 aliphatic carbocycles. The van der Waals surface area contributed by atoms with E-state index in [1.54, 1.807) is 0 Å². The first kappa shape index (κ1) is 76.8.